The molecule has 0 radical (unpaired) electrons. The predicted molar refractivity (Wildman–Crippen MR) is 71.7 cm³/mol. The van der Waals surface area contributed by atoms with Crippen molar-refractivity contribution in [2.24, 2.45) is 11.7 Å². The zero-order valence-corrected chi connectivity index (χ0v) is 11.5. The van der Waals surface area contributed by atoms with Gasteiger partial charge < -0.3 is 5.73 Å². The molecule has 0 bridgehead atoms. The van der Waals surface area contributed by atoms with Crippen molar-refractivity contribution in [1.29, 1.82) is 0 Å². The highest BCUT2D eigenvalue weighted by Gasteiger charge is 2.13. The summed E-state index contributed by atoms with van der Waals surface area (Å²) in [6.07, 6.45) is 2.74. The number of carbonyl (C=O) groups excluding carboxylic acids is 1. The van der Waals surface area contributed by atoms with Crippen molar-refractivity contribution in [1.82, 2.24) is 0 Å². The van der Waals surface area contributed by atoms with Crippen LogP contribution < -0.4 is 5.73 Å². The number of ketones is 1. The first-order valence-corrected chi connectivity index (χ1v) is 6.60. The van der Waals surface area contributed by atoms with Gasteiger partial charge in [-0.15, -0.1) is 0 Å². The molecule has 0 aliphatic heterocycles. The van der Waals surface area contributed by atoms with E-state index in [4.69, 9.17) is 5.73 Å². The van der Waals surface area contributed by atoms with Crippen LogP contribution in [0.25, 0.3) is 0 Å². The van der Waals surface area contributed by atoms with Crippen molar-refractivity contribution in [2.75, 3.05) is 0 Å². The fraction of sp³-hybridized carbons (Fsp3) is 0.533. The molecule has 0 saturated heterocycles. The lowest BCUT2D eigenvalue weighted by Crippen LogP contribution is -2.30. The van der Waals surface area contributed by atoms with Gasteiger partial charge in [-0.1, -0.05) is 13.3 Å². The van der Waals surface area contributed by atoms with Crippen LogP contribution in [0.5, 0.6) is 0 Å². The molecular weight excluding hydrogens is 248 g/mol. The second-order valence-corrected chi connectivity index (χ2v) is 5.19. The topological polar surface area (TPSA) is 43.1 Å². The van der Waals surface area contributed by atoms with E-state index in [0.29, 0.717) is 24.3 Å². The van der Waals surface area contributed by atoms with Crippen molar-refractivity contribution in [3.63, 3.8) is 0 Å². The molecule has 106 valence electrons. The molecule has 0 amide bonds. The average Bonchev–Trinajstić information content (AvgIpc) is 2.33. The van der Waals surface area contributed by atoms with Crippen LogP contribution in [0.1, 0.15) is 38.7 Å². The Hall–Kier alpha value is -1.29. The molecular formula is C15H21F2NO. The van der Waals surface area contributed by atoms with Crippen molar-refractivity contribution in [3.05, 3.63) is 35.4 Å². The third-order valence-corrected chi connectivity index (χ3v) is 3.33. The van der Waals surface area contributed by atoms with Gasteiger partial charge >= 0.3 is 0 Å². The Labute approximate surface area is 113 Å². The number of hydrogen-bond donors (Lipinski definition) is 1. The summed E-state index contributed by atoms with van der Waals surface area (Å²) >= 11 is 0. The minimum Gasteiger partial charge on any atom is -0.322 e. The summed E-state index contributed by atoms with van der Waals surface area (Å²) in [5.41, 5.74) is 6.09. The second-order valence-electron chi connectivity index (χ2n) is 5.19. The number of carbonyl (C=O) groups is 1. The average molecular weight is 269 g/mol. The fourth-order valence-electron chi connectivity index (χ4n) is 2.09. The third-order valence-electron chi connectivity index (χ3n) is 3.33. The molecule has 19 heavy (non-hydrogen) atoms. The van der Waals surface area contributed by atoms with Crippen LogP contribution in [0.3, 0.4) is 0 Å². The maximum atomic E-state index is 13.4. The molecule has 0 saturated carbocycles. The molecule has 4 heteroatoms. The Morgan fingerprint density at radius 3 is 2.68 bits per heavy atom. The Bertz CT molecular complexity index is 434. The van der Waals surface area contributed by atoms with Gasteiger partial charge in [-0.05, 0) is 55.9 Å². The molecule has 2 nitrogen and oxygen atoms in total. The Balaban J connectivity index is 2.37. The molecule has 0 fully saturated rings. The van der Waals surface area contributed by atoms with Gasteiger partial charge in [-0.2, -0.15) is 0 Å². The van der Waals surface area contributed by atoms with Crippen molar-refractivity contribution in [3.8, 4) is 0 Å². The normalized spacial score (nSPS) is 14.2. The quantitative estimate of drug-likeness (QED) is 0.825. The van der Waals surface area contributed by atoms with E-state index >= 15 is 0 Å². The highest BCUT2D eigenvalue weighted by Crippen LogP contribution is 2.17. The van der Waals surface area contributed by atoms with E-state index in [2.05, 4.69) is 0 Å². The standard InChI is InChI=1S/C15H21F2NO/c1-10(8-15(18)11(2)19)4-3-5-12-9-13(16)6-7-14(12)17/h6-7,9-10,15H,3-5,8,18H2,1-2H3/t10-,15+/m1/s1. The monoisotopic (exact) mass is 269 g/mol. The molecule has 0 unspecified atom stereocenters. The van der Waals surface area contributed by atoms with Gasteiger partial charge in [0.1, 0.15) is 17.4 Å². The molecule has 0 aliphatic rings. The molecule has 0 aliphatic carbocycles. The van der Waals surface area contributed by atoms with Gasteiger partial charge in [0.15, 0.2) is 0 Å². The number of benzene rings is 1. The lowest BCUT2D eigenvalue weighted by atomic mass is 9.94. The van der Waals surface area contributed by atoms with Crippen LogP contribution in [-0.2, 0) is 11.2 Å². The van der Waals surface area contributed by atoms with Crippen molar-refractivity contribution >= 4 is 5.78 Å². The summed E-state index contributed by atoms with van der Waals surface area (Å²) < 4.78 is 26.4. The van der Waals surface area contributed by atoms with E-state index in [1.54, 1.807) is 0 Å². The Morgan fingerprint density at radius 2 is 2.05 bits per heavy atom. The van der Waals surface area contributed by atoms with Crippen LogP contribution in [0.15, 0.2) is 18.2 Å². The van der Waals surface area contributed by atoms with E-state index in [1.165, 1.54) is 13.0 Å². The minimum atomic E-state index is -0.416. The first-order valence-electron chi connectivity index (χ1n) is 6.60. The number of aryl methyl sites for hydroxylation is 1. The summed E-state index contributed by atoms with van der Waals surface area (Å²) in [6.45, 7) is 3.50. The second kappa shape index (κ2) is 7.34. The minimum absolute atomic E-state index is 0.0111. The van der Waals surface area contributed by atoms with Crippen LogP contribution in [0.2, 0.25) is 0 Å². The smallest absolute Gasteiger partial charge is 0.146 e. The van der Waals surface area contributed by atoms with E-state index in [-0.39, 0.29) is 11.6 Å². The molecule has 0 heterocycles. The van der Waals surface area contributed by atoms with E-state index in [0.717, 1.165) is 25.0 Å². The van der Waals surface area contributed by atoms with Gasteiger partial charge in [0.25, 0.3) is 0 Å². The fourth-order valence-corrected chi connectivity index (χ4v) is 2.09. The SMILES string of the molecule is CC(=O)[C@@H](N)C[C@H](C)CCCc1cc(F)ccc1F. The molecule has 0 spiro atoms. The van der Waals surface area contributed by atoms with Gasteiger partial charge in [-0.25, -0.2) is 8.78 Å². The zero-order valence-electron chi connectivity index (χ0n) is 11.5. The summed E-state index contributed by atoms with van der Waals surface area (Å²) in [6, 6.07) is 3.09. The van der Waals surface area contributed by atoms with Gasteiger partial charge in [0, 0.05) is 0 Å². The first-order chi connectivity index (χ1) is 8.90. The van der Waals surface area contributed by atoms with Gasteiger partial charge in [0.05, 0.1) is 6.04 Å². The summed E-state index contributed by atoms with van der Waals surface area (Å²) in [5, 5.41) is 0. The number of Topliss-reactive ketones (excluding diaryl/α,β-unsaturated/α-hetero) is 1. The highest BCUT2D eigenvalue weighted by atomic mass is 19.1. The first kappa shape index (κ1) is 15.8. The summed E-state index contributed by atoms with van der Waals surface area (Å²) in [7, 11) is 0. The van der Waals surface area contributed by atoms with E-state index in [1.807, 2.05) is 6.92 Å². The molecule has 1 aromatic carbocycles. The highest BCUT2D eigenvalue weighted by molar-refractivity contribution is 5.81. The molecule has 2 N–H and O–H groups in total. The molecule has 0 aromatic heterocycles. The number of hydrogen-bond acceptors (Lipinski definition) is 2. The molecule has 1 aromatic rings. The van der Waals surface area contributed by atoms with Crippen LogP contribution in [0.4, 0.5) is 8.78 Å². The van der Waals surface area contributed by atoms with E-state index < -0.39 is 11.9 Å². The van der Waals surface area contributed by atoms with Crippen LogP contribution in [0, 0.1) is 17.6 Å². The van der Waals surface area contributed by atoms with Gasteiger partial charge in [0.2, 0.25) is 0 Å². The summed E-state index contributed by atoms with van der Waals surface area (Å²) in [5.74, 6) is -0.490. The van der Waals surface area contributed by atoms with E-state index in [9.17, 15) is 13.6 Å². The number of halogens is 2. The maximum absolute atomic E-state index is 13.4. The van der Waals surface area contributed by atoms with Crippen molar-refractivity contribution < 1.29 is 13.6 Å². The lowest BCUT2D eigenvalue weighted by Gasteiger charge is -2.15. The Kier molecular flexibility index (Phi) is 6.09. The predicted octanol–water partition coefficient (Wildman–Crippen LogP) is 3.23. The van der Waals surface area contributed by atoms with Gasteiger partial charge in [-0.3, -0.25) is 4.79 Å². The van der Waals surface area contributed by atoms with Crippen LogP contribution >= 0.6 is 0 Å². The van der Waals surface area contributed by atoms with Crippen LogP contribution in [-0.4, -0.2) is 11.8 Å². The maximum Gasteiger partial charge on any atom is 0.146 e. The number of nitrogens with two attached hydrogens (primary N) is 1. The third kappa shape index (κ3) is 5.47. The number of rotatable bonds is 7. The Morgan fingerprint density at radius 1 is 1.37 bits per heavy atom. The van der Waals surface area contributed by atoms with Crippen molar-refractivity contribution in [2.45, 2.75) is 45.6 Å². The zero-order chi connectivity index (χ0) is 14.4. The molecule has 2 atom stereocenters. The lowest BCUT2D eigenvalue weighted by molar-refractivity contribution is -0.118. The largest absolute Gasteiger partial charge is 0.322 e. The summed E-state index contributed by atoms with van der Waals surface area (Å²) in [4.78, 5) is 11.0. The molecule has 1 rings (SSSR count).